The third kappa shape index (κ3) is 5.24. The number of hydrogen-bond donors (Lipinski definition) is 1. The smallest absolute Gasteiger partial charge is 0.244 e. The van der Waals surface area contributed by atoms with Crippen LogP contribution in [0, 0.1) is 11.3 Å². The van der Waals surface area contributed by atoms with Crippen molar-refractivity contribution >= 4 is 11.6 Å². The molecule has 0 spiro atoms. The van der Waals surface area contributed by atoms with E-state index in [1.807, 2.05) is 19.4 Å². The maximum absolute atomic E-state index is 9.27. The fourth-order valence-corrected chi connectivity index (χ4v) is 3.34. The van der Waals surface area contributed by atoms with Crippen LogP contribution in [0.25, 0.3) is 0 Å². The van der Waals surface area contributed by atoms with E-state index in [4.69, 9.17) is 4.74 Å². The number of para-hydroxylation sites is 1. The summed E-state index contributed by atoms with van der Waals surface area (Å²) in [5.41, 5.74) is 4.98. The number of hydrogen-bond acceptors (Lipinski definition) is 4. The SMILES string of the molecule is C=C1C=COC(C)=N[N+](C)(/C=C\Nc2c(C(C)C)cccc2C(C)C)/C1=C/C#N. The zero-order chi connectivity index (χ0) is 21.6. The Morgan fingerprint density at radius 3 is 2.38 bits per heavy atom. The molecule has 0 aliphatic carbocycles. The Kier molecular flexibility index (Phi) is 7.19. The van der Waals surface area contributed by atoms with E-state index in [0.717, 1.165) is 5.69 Å². The van der Waals surface area contributed by atoms with Gasteiger partial charge >= 0.3 is 0 Å². The molecule has 0 aromatic heterocycles. The van der Waals surface area contributed by atoms with Crippen molar-refractivity contribution in [2.75, 3.05) is 12.4 Å². The third-order valence-corrected chi connectivity index (χ3v) is 4.84. The quantitative estimate of drug-likeness (QED) is 0.487. The van der Waals surface area contributed by atoms with Crippen molar-refractivity contribution in [3.8, 4) is 6.07 Å². The second-order valence-electron chi connectivity index (χ2n) is 7.83. The Morgan fingerprint density at radius 1 is 1.21 bits per heavy atom. The summed E-state index contributed by atoms with van der Waals surface area (Å²) in [5, 5.41) is 17.4. The van der Waals surface area contributed by atoms with Crippen LogP contribution in [-0.2, 0) is 4.74 Å². The van der Waals surface area contributed by atoms with Crippen LogP contribution < -0.4 is 5.32 Å². The average molecular weight is 392 g/mol. The summed E-state index contributed by atoms with van der Waals surface area (Å²) in [6.45, 7) is 14.6. The minimum Gasteiger partial charge on any atom is -0.446 e. The minimum atomic E-state index is 0.0103. The van der Waals surface area contributed by atoms with E-state index >= 15 is 0 Å². The maximum atomic E-state index is 9.27. The molecule has 0 fully saturated rings. The Bertz CT molecular complexity index is 902. The average Bonchev–Trinajstić information content (AvgIpc) is 2.64. The van der Waals surface area contributed by atoms with Gasteiger partial charge < -0.3 is 10.1 Å². The van der Waals surface area contributed by atoms with Crippen molar-refractivity contribution in [3.63, 3.8) is 0 Å². The van der Waals surface area contributed by atoms with Crippen molar-refractivity contribution in [3.05, 3.63) is 78.0 Å². The molecule has 29 heavy (non-hydrogen) atoms. The summed E-state index contributed by atoms with van der Waals surface area (Å²) in [4.78, 5) is 0. The Hall–Kier alpha value is -3.10. The van der Waals surface area contributed by atoms with E-state index in [0.29, 0.717) is 29.0 Å². The van der Waals surface area contributed by atoms with Crippen molar-refractivity contribution < 1.29 is 9.33 Å². The molecule has 0 saturated carbocycles. The van der Waals surface area contributed by atoms with Crippen LogP contribution in [0.5, 0.6) is 0 Å². The number of ether oxygens (including phenoxy) is 1. The molecule has 1 aliphatic heterocycles. The standard InChI is InChI=1S/C24H31N4O/c1-17(2)21-9-8-10-22(18(3)4)24(21)26-14-15-28(7)23(11-13-25)19(5)12-16-29-20(6)27-28/h8-12,14-18,26H,5H2,1-4,6-7H3/q+1/b15-14-,16-12?,23-11+,27-20?. The molecule has 1 aliphatic rings. The number of rotatable bonds is 5. The van der Waals surface area contributed by atoms with Gasteiger partial charge in [0.05, 0.1) is 24.6 Å². The maximum Gasteiger partial charge on any atom is 0.244 e. The summed E-state index contributed by atoms with van der Waals surface area (Å²) < 4.78 is 5.48. The topological polar surface area (TPSA) is 57.4 Å². The molecule has 1 aromatic carbocycles. The molecule has 5 heteroatoms. The molecule has 0 radical (unpaired) electrons. The first-order valence-electron chi connectivity index (χ1n) is 9.82. The van der Waals surface area contributed by atoms with Crippen molar-refractivity contribution in [1.82, 2.24) is 0 Å². The van der Waals surface area contributed by atoms with Crippen LogP contribution in [0.4, 0.5) is 5.69 Å². The Balaban J connectivity index is 2.48. The van der Waals surface area contributed by atoms with E-state index in [1.54, 1.807) is 13.0 Å². The highest BCUT2D eigenvalue weighted by Gasteiger charge is 2.29. The van der Waals surface area contributed by atoms with Crippen LogP contribution in [0.3, 0.4) is 0 Å². The van der Waals surface area contributed by atoms with Gasteiger partial charge in [-0.1, -0.05) is 52.5 Å². The Labute approximate surface area is 174 Å². The molecule has 152 valence electrons. The molecule has 1 unspecified atom stereocenters. The van der Waals surface area contributed by atoms with Crippen molar-refractivity contribution in [2.45, 2.75) is 46.5 Å². The van der Waals surface area contributed by atoms with Gasteiger partial charge in [0.25, 0.3) is 0 Å². The lowest BCUT2D eigenvalue weighted by Gasteiger charge is -2.27. The lowest BCUT2D eigenvalue weighted by Crippen LogP contribution is -2.34. The second-order valence-corrected chi connectivity index (χ2v) is 7.83. The molecule has 0 saturated heterocycles. The number of nitriles is 1. The number of likely N-dealkylation sites (N-methyl/N-ethyl adjacent to an activating group) is 1. The molecule has 2 rings (SSSR count). The van der Waals surface area contributed by atoms with Crippen molar-refractivity contribution in [1.29, 1.82) is 5.26 Å². The van der Waals surface area contributed by atoms with Crippen LogP contribution in [0.15, 0.2) is 72.0 Å². The summed E-state index contributed by atoms with van der Waals surface area (Å²) >= 11 is 0. The number of anilines is 1. The Morgan fingerprint density at radius 2 is 1.83 bits per heavy atom. The van der Waals surface area contributed by atoms with Crippen molar-refractivity contribution in [2.24, 2.45) is 5.10 Å². The van der Waals surface area contributed by atoms with E-state index < -0.39 is 0 Å². The molecular formula is C24H31N4O+. The van der Waals surface area contributed by atoms with Gasteiger partial charge in [0.1, 0.15) is 13.2 Å². The highest BCUT2D eigenvalue weighted by molar-refractivity contribution is 5.73. The summed E-state index contributed by atoms with van der Waals surface area (Å²) in [6, 6.07) is 8.53. The lowest BCUT2D eigenvalue weighted by atomic mass is 9.93. The number of allylic oxidation sites excluding steroid dienone is 2. The number of nitrogens with zero attached hydrogens (tertiary/aromatic N) is 3. The fraction of sp³-hybridized carbons (Fsp3) is 0.333. The summed E-state index contributed by atoms with van der Waals surface area (Å²) in [6.07, 6.45) is 8.52. The molecule has 1 heterocycles. The van der Waals surface area contributed by atoms with Gasteiger partial charge in [-0.15, -0.1) is 4.59 Å². The highest BCUT2D eigenvalue weighted by atomic mass is 16.5. The van der Waals surface area contributed by atoms with Gasteiger partial charge in [0.2, 0.25) is 5.90 Å². The van der Waals surface area contributed by atoms with Gasteiger partial charge in [-0.25, -0.2) is 0 Å². The van der Waals surface area contributed by atoms with Crippen LogP contribution in [0.2, 0.25) is 0 Å². The second kappa shape index (κ2) is 9.40. The number of quaternary nitrogens is 1. The van der Waals surface area contributed by atoms with Gasteiger partial charge in [0, 0.05) is 18.2 Å². The fourth-order valence-electron chi connectivity index (χ4n) is 3.34. The first kappa shape index (κ1) is 22.2. The normalized spacial score (nSPS) is 21.1. The van der Waals surface area contributed by atoms with Gasteiger partial charge in [-0.05, 0) is 34.1 Å². The number of benzene rings is 1. The molecular weight excluding hydrogens is 360 g/mol. The highest BCUT2D eigenvalue weighted by Crippen LogP contribution is 2.33. The molecule has 1 atom stereocenters. The van der Waals surface area contributed by atoms with E-state index in [2.05, 4.69) is 69.0 Å². The summed E-state index contributed by atoms with van der Waals surface area (Å²) in [7, 11) is 1.89. The zero-order valence-corrected chi connectivity index (χ0v) is 18.2. The van der Waals surface area contributed by atoms with E-state index in [9.17, 15) is 5.26 Å². The lowest BCUT2D eigenvalue weighted by molar-refractivity contribution is -0.825. The molecule has 0 bridgehead atoms. The van der Waals surface area contributed by atoms with Crippen LogP contribution in [-0.4, -0.2) is 17.5 Å². The number of nitrogens with one attached hydrogen (secondary N) is 1. The minimum absolute atomic E-state index is 0.0103. The van der Waals surface area contributed by atoms with E-state index in [-0.39, 0.29) is 4.59 Å². The summed E-state index contributed by atoms with van der Waals surface area (Å²) in [5.74, 6) is 1.28. The molecule has 0 amide bonds. The van der Waals surface area contributed by atoms with E-state index in [1.165, 1.54) is 23.5 Å². The first-order chi connectivity index (χ1) is 13.7. The molecule has 5 nitrogen and oxygen atoms in total. The van der Waals surface area contributed by atoms with Gasteiger partial charge in [-0.3, -0.25) is 0 Å². The monoisotopic (exact) mass is 391 g/mol. The molecule has 1 aromatic rings. The third-order valence-electron chi connectivity index (χ3n) is 4.84. The zero-order valence-electron chi connectivity index (χ0n) is 18.2. The predicted molar refractivity (Wildman–Crippen MR) is 120 cm³/mol. The largest absolute Gasteiger partial charge is 0.446 e. The predicted octanol–water partition coefficient (Wildman–Crippen LogP) is 6.10. The van der Waals surface area contributed by atoms with Gasteiger partial charge in [0.15, 0.2) is 5.70 Å². The first-order valence-corrected chi connectivity index (χ1v) is 9.82. The molecule has 1 N–H and O–H groups in total. The van der Waals surface area contributed by atoms with Gasteiger partial charge in [-0.2, -0.15) is 5.26 Å². The van der Waals surface area contributed by atoms with Crippen LogP contribution >= 0.6 is 0 Å². The van der Waals surface area contributed by atoms with Crippen LogP contribution in [0.1, 0.15) is 57.6 Å².